The van der Waals surface area contributed by atoms with E-state index in [1.807, 2.05) is 30.3 Å². The first kappa shape index (κ1) is 13.6. The van der Waals surface area contributed by atoms with Crippen molar-refractivity contribution in [2.45, 2.75) is 37.1 Å². The van der Waals surface area contributed by atoms with Crippen molar-refractivity contribution >= 4 is 15.9 Å². The number of amides is 1. The molecule has 1 amide bonds. The van der Waals surface area contributed by atoms with Crippen molar-refractivity contribution in [3.8, 4) is 0 Å². The van der Waals surface area contributed by atoms with E-state index in [0.29, 0.717) is 25.8 Å². The van der Waals surface area contributed by atoms with Crippen LogP contribution in [0.25, 0.3) is 0 Å². The fraction of sp³-hybridized carbons (Fsp3) is 0.500. The van der Waals surface area contributed by atoms with Crippen molar-refractivity contribution in [1.82, 2.24) is 9.62 Å². The van der Waals surface area contributed by atoms with Crippen LogP contribution in [-0.2, 0) is 20.6 Å². The molecule has 5 nitrogen and oxygen atoms in total. The third kappa shape index (κ3) is 2.58. The van der Waals surface area contributed by atoms with Gasteiger partial charge in [-0.25, -0.2) is 8.42 Å². The van der Waals surface area contributed by atoms with Crippen molar-refractivity contribution in [1.29, 1.82) is 0 Å². The van der Waals surface area contributed by atoms with E-state index in [0.717, 1.165) is 5.56 Å². The summed E-state index contributed by atoms with van der Waals surface area (Å²) in [6.07, 6.45) is 1.76. The Morgan fingerprint density at radius 2 is 1.95 bits per heavy atom. The van der Waals surface area contributed by atoms with E-state index in [9.17, 15) is 13.2 Å². The minimum absolute atomic E-state index is 0.0122. The summed E-state index contributed by atoms with van der Waals surface area (Å²) in [5.74, 6) is 0.0684. The summed E-state index contributed by atoms with van der Waals surface area (Å²) < 4.78 is 26.7. The first-order valence-electron chi connectivity index (χ1n) is 6.89. The quantitative estimate of drug-likeness (QED) is 0.899. The van der Waals surface area contributed by atoms with Crippen LogP contribution < -0.4 is 5.32 Å². The maximum atomic E-state index is 12.6. The topological polar surface area (TPSA) is 66.5 Å². The van der Waals surface area contributed by atoms with Crippen molar-refractivity contribution in [3.05, 3.63) is 35.9 Å². The Bertz CT molecular complexity index is 600. The number of piperidine rings is 1. The van der Waals surface area contributed by atoms with Crippen molar-refractivity contribution in [2.75, 3.05) is 6.54 Å². The molecule has 2 heterocycles. The molecule has 0 unspecified atom stereocenters. The number of hydrogen-bond acceptors (Lipinski definition) is 3. The van der Waals surface area contributed by atoms with Gasteiger partial charge in [-0.15, -0.1) is 0 Å². The van der Waals surface area contributed by atoms with Gasteiger partial charge in [0.05, 0.1) is 5.75 Å². The highest BCUT2D eigenvalue weighted by Gasteiger charge is 2.43. The molecule has 0 spiro atoms. The molecule has 1 N–H and O–H groups in total. The lowest BCUT2D eigenvalue weighted by Crippen LogP contribution is -2.50. The summed E-state index contributed by atoms with van der Waals surface area (Å²) in [6, 6.07) is 9.14. The Morgan fingerprint density at radius 1 is 1.20 bits per heavy atom. The number of hydrogen-bond donors (Lipinski definition) is 1. The van der Waals surface area contributed by atoms with Gasteiger partial charge in [-0.1, -0.05) is 30.3 Å². The highest BCUT2D eigenvalue weighted by atomic mass is 32.2. The van der Waals surface area contributed by atoms with E-state index in [-0.39, 0.29) is 23.7 Å². The van der Waals surface area contributed by atoms with Crippen LogP contribution in [0, 0.1) is 0 Å². The summed E-state index contributed by atoms with van der Waals surface area (Å²) in [7, 11) is -3.32. The average molecular weight is 294 g/mol. The maximum absolute atomic E-state index is 12.6. The van der Waals surface area contributed by atoms with Gasteiger partial charge < -0.3 is 5.32 Å². The molecule has 20 heavy (non-hydrogen) atoms. The Morgan fingerprint density at radius 3 is 2.70 bits per heavy atom. The Labute approximate surface area is 119 Å². The zero-order chi connectivity index (χ0) is 14.2. The van der Waals surface area contributed by atoms with Crippen LogP contribution in [0.3, 0.4) is 0 Å². The largest absolute Gasteiger partial charge is 0.352 e. The first-order chi connectivity index (χ1) is 9.56. The third-order valence-corrected chi connectivity index (χ3v) is 5.92. The molecule has 2 aliphatic heterocycles. The molecule has 2 aliphatic rings. The molecule has 3 rings (SSSR count). The number of benzene rings is 1. The summed E-state index contributed by atoms with van der Waals surface area (Å²) in [5, 5.41) is 2.90. The van der Waals surface area contributed by atoms with E-state index < -0.39 is 10.0 Å². The fourth-order valence-corrected chi connectivity index (χ4v) is 4.94. The standard InChI is InChI=1S/C14H18N2O3S/c17-14-7-6-13-12(15-14)8-9-16(13)20(18,19)10-11-4-2-1-3-5-11/h1-5,12-13H,6-10H2,(H,15,17)/t12-,13-/m1/s1. The summed E-state index contributed by atoms with van der Waals surface area (Å²) in [6.45, 7) is 0.505. The maximum Gasteiger partial charge on any atom is 0.220 e. The molecule has 1 aromatic rings. The van der Waals surface area contributed by atoms with Gasteiger partial charge in [-0.05, 0) is 18.4 Å². The zero-order valence-electron chi connectivity index (χ0n) is 11.2. The predicted molar refractivity (Wildman–Crippen MR) is 75.3 cm³/mol. The number of carbonyl (C=O) groups is 1. The van der Waals surface area contributed by atoms with Gasteiger partial charge >= 0.3 is 0 Å². The van der Waals surface area contributed by atoms with Crippen LogP contribution >= 0.6 is 0 Å². The van der Waals surface area contributed by atoms with Gasteiger partial charge in [-0.2, -0.15) is 4.31 Å². The predicted octanol–water partition coefficient (Wildman–Crippen LogP) is 0.869. The highest BCUT2D eigenvalue weighted by molar-refractivity contribution is 7.88. The lowest BCUT2D eigenvalue weighted by atomic mass is 10.00. The van der Waals surface area contributed by atoms with E-state index in [1.54, 1.807) is 4.31 Å². The monoisotopic (exact) mass is 294 g/mol. The van der Waals surface area contributed by atoms with E-state index >= 15 is 0 Å². The van der Waals surface area contributed by atoms with E-state index in [4.69, 9.17) is 0 Å². The highest BCUT2D eigenvalue weighted by Crippen LogP contribution is 2.29. The lowest BCUT2D eigenvalue weighted by Gasteiger charge is -2.31. The molecule has 1 aromatic carbocycles. The number of sulfonamides is 1. The normalized spacial score (nSPS) is 27.1. The first-order valence-corrected chi connectivity index (χ1v) is 8.50. The molecule has 0 radical (unpaired) electrons. The van der Waals surface area contributed by atoms with Gasteiger partial charge in [0.25, 0.3) is 0 Å². The molecule has 108 valence electrons. The molecule has 2 saturated heterocycles. The number of nitrogens with zero attached hydrogens (tertiary/aromatic N) is 1. The fourth-order valence-electron chi connectivity index (χ4n) is 3.11. The van der Waals surface area contributed by atoms with E-state index in [2.05, 4.69) is 5.32 Å². The van der Waals surface area contributed by atoms with Crippen LogP contribution in [0.4, 0.5) is 0 Å². The Kier molecular flexibility index (Phi) is 3.52. The number of rotatable bonds is 3. The van der Waals surface area contributed by atoms with Crippen LogP contribution in [0.2, 0.25) is 0 Å². The van der Waals surface area contributed by atoms with Crippen molar-refractivity contribution in [3.63, 3.8) is 0 Å². The Hall–Kier alpha value is -1.40. The summed E-state index contributed by atoms with van der Waals surface area (Å²) in [5.41, 5.74) is 0.802. The number of fused-ring (bicyclic) bond motifs is 1. The molecule has 0 aliphatic carbocycles. The zero-order valence-corrected chi connectivity index (χ0v) is 12.0. The molecular formula is C14H18N2O3S. The minimum atomic E-state index is -3.32. The Balaban J connectivity index is 1.77. The average Bonchev–Trinajstić information content (AvgIpc) is 2.83. The molecule has 2 atom stereocenters. The number of nitrogens with one attached hydrogen (secondary N) is 1. The van der Waals surface area contributed by atoms with Gasteiger partial charge in [0.1, 0.15) is 0 Å². The van der Waals surface area contributed by atoms with Crippen LogP contribution in [0.15, 0.2) is 30.3 Å². The smallest absolute Gasteiger partial charge is 0.220 e. The van der Waals surface area contributed by atoms with Gasteiger partial charge in [0.15, 0.2) is 0 Å². The molecule has 6 heteroatoms. The SMILES string of the molecule is O=C1CC[C@@H]2[C@@H](CCN2S(=O)(=O)Cc2ccccc2)N1. The summed E-state index contributed by atoms with van der Waals surface area (Å²) >= 11 is 0. The van der Waals surface area contributed by atoms with Crippen LogP contribution in [0.1, 0.15) is 24.8 Å². The van der Waals surface area contributed by atoms with Gasteiger partial charge in [0, 0.05) is 25.0 Å². The molecular weight excluding hydrogens is 276 g/mol. The van der Waals surface area contributed by atoms with Gasteiger partial charge in [-0.3, -0.25) is 4.79 Å². The van der Waals surface area contributed by atoms with Crippen molar-refractivity contribution < 1.29 is 13.2 Å². The molecule has 0 aromatic heterocycles. The van der Waals surface area contributed by atoms with Crippen LogP contribution in [-0.4, -0.2) is 37.3 Å². The van der Waals surface area contributed by atoms with E-state index in [1.165, 1.54) is 0 Å². The second kappa shape index (κ2) is 5.18. The third-order valence-electron chi connectivity index (χ3n) is 4.06. The minimum Gasteiger partial charge on any atom is -0.352 e. The summed E-state index contributed by atoms with van der Waals surface area (Å²) in [4.78, 5) is 11.4. The molecule has 0 bridgehead atoms. The lowest BCUT2D eigenvalue weighted by molar-refractivity contribution is -0.123. The number of carbonyl (C=O) groups excluding carboxylic acids is 1. The second-order valence-corrected chi connectivity index (χ2v) is 7.34. The second-order valence-electron chi connectivity index (χ2n) is 5.42. The van der Waals surface area contributed by atoms with Crippen molar-refractivity contribution in [2.24, 2.45) is 0 Å². The molecule has 2 fully saturated rings. The van der Waals surface area contributed by atoms with Gasteiger partial charge in [0.2, 0.25) is 15.9 Å². The molecule has 0 saturated carbocycles. The van der Waals surface area contributed by atoms with Crippen LogP contribution in [0.5, 0.6) is 0 Å².